The Balaban J connectivity index is 2.03. The van der Waals surface area contributed by atoms with E-state index in [1.54, 1.807) is 0 Å². The summed E-state index contributed by atoms with van der Waals surface area (Å²) in [5, 5.41) is 4.29. The van der Waals surface area contributed by atoms with Crippen molar-refractivity contribution in [3.8, 4) is 0 Å². The third-order valence-corrected chi connectivity index (χ3v) is 4.26. The van der Waals surface area contributed by atoms with Crippen LogP contribution in [0.5, 0.6) is 0 Å². The summed E-state index contributed by atoms with van der Waals surface area (Å²) in [6.07, 6.45) is 1.21. The fourth-order valence-corrected chi connectivity index (χ4v) is 2.94. The van der Waals surface area contributed by atoms with Crippen LogP contribution in [0.4, 0.5) is 5.69 Å². The average molecular weight is 296 g/mol. The third-order valence-electron chi connectivity index (χ3n) is 3.96. The predicted octanol–water partition coefficient (Wildman–Crippen LogP) is 2.98. The van der Waals surface area contributed by atoms with Gasteiger partial charge < -0.3 is 15.1 Å². The quantitative estimate of drug-likeness (QED) is 0.901. The SMILES string of the molecule is CC(C)NCc1ccc(N2CCC(N(C)C)C2)c(Cl)c1. The first-order valence-corrected chi connectivity index (χ1v) is 7.78. The van der Waals surface area contributed by atoms with Gasteiger partial charge in [0.05, 0.1) is 10.7 Å². The molecule has 4 heteroatoms. The molecule has 1 aliphatic heterocycles. The minimum absolute atomic E-state index is 0.493. The van der Waals surface area contributed by atoms with E-state index < -0.39 is 0 Å². The zero-order valence-corrected chi connectivity index (χ0v) is 13.7. The number of benzene rings is 1. The van der Waals surface area contributed by atoms with Gasteiger partial charge in [0.15, 0.2) is 0 Å². The van der Waals surface area contributed by atoms with Crippen LogP contribution >= 0.6 is 11.6 Å². The first kappa shape index (κ1) is 15.6. The Morgan fingerprint density at radius 2 is 2.15 bits per heavy atom. The molecule has 1 aliphatic rings. The highest BCUT2D eigenvalue weighted by Crippen LogP contribution is 2.30. The van der Waals surface area contributed by atoms with Crippen molar-refractivity contribution < 1.29 is 0 Å². The maximum Gasteiger partial charge on any atom is 0.0642 e. The smallest absolute Gasteiger partial charge is 0.0642 e. The number of likely N-dealkylation sites (N-methyl/N-ethyl adjacent to an activating group) is 1. The van der Waals surface area contributed by atoms with E-state index in [9.17, 15) is 0 Å². The van der Waals surface area contributed by atoms with Crippen LogP contribution in [0, 0.1) is 0 Å². The topological polar surface area (TPSA) is 18.5 Å². The molecule has 0 aliphatic carbocycles. The Bertz CT molecular complexity index is 445. The molecule has 1 aromatic rings. The Kier molecular flexibility index (Phi) is 5.30. The normalized spacial score (nSPS) is 19.4. The second-order valence-electron chi connectivity index (χ2n) is 6.17. The number of nitrogens with zero attached hydrogens (tertiary/aromatic N) is 2. The molecule has 1 saturated heterocycles. The molecule has 0 saturated carbocycles. The van der Waals surface area contributed by atoms with Gasteiger partial charge in [-0.25, -0.2) is 0 Å². The van der Waals surface area contributed by atoms with Crippen molar-refractivity contribution in [3.05, 3.63) is 28.8 Å². The van der Waals surface area contributed by atoms with Gasteiger partial charge in [0.2, 0.25) is 0 Å². The molecule has 1 aromatic carbocycles. The number of nitrogens with one attached hydrogen (secondary N) is 1. The number of halogens is 1. The van der Waals surface area contributed by atoms with E-state index >= 15 is 0 Å². The van der Waals surface area contributed by atoms with E-state index in [0.717, 1.165) is 24.7 Å². The molecule has 0 radical (unpaired) electrons. The van der Waals surface area contributed by atoms with E-state index in [2.05, 4.69) is 61.3 Å². The highest BCUT2D eigenvalue weighted by atomic mass is 35.5. The molecular weight excluding hydrogens is 270 g/mol. The van der Waals surface area contributed by atoms with E-state index in [-0.39, 0.29) is 0 Å². The average Bonchev–Trinajstić information content (AvgIpc) is 2.86. The molecule has 0 aromatic heterocycles. The second-order valence-corrected chi connectivity index (χ2v) is 6.58. The van der Waals surface area contributed by atoms with Crippen molar-refractivity contribution >= 4 is 17.3 Å². The third kappa shape index (κ3) is 3.87. The van der Waals surface area contributed by atoms with Crippen molar-refractivity contribution in [1.82, 2.24) is 10.2 Å². The molecule has 1 atom stereocenters. The predicted molar refractivity (Wildman–Crippen MR) is 87.7 cm³/mol. The van der Waals surface area contributed by atoms with Crippen molar-refractivity contribution in [2.75, 3.05) is 32.1 Å². The molecule has 0 bridgehead atoms. The summed E-state index contributed by atoms with van der Waals surface area (Å²) in [5.41, 5.74) is 2.42. The lowest BCUT2D eigenvalue weighted by Gasteiger charge is -2.23. The van der Waals surface area contributed by atoms with Gasteiger partial charge in [-0.3, -0.25) is 0 Å². The van der Waals surface area contributed by atoms with Gasteiger partial charge in [-0.05, 0) is 38.2 Å². The van der Waals surface area contributed by atoms with E-state index in [1.165, 1.54) is 17.7 Å². The zero-order valence-electron chi connectivity index (χ0n) is 13.0. The number of rotatable bonds is 5. The summed E-state index contributed by atoms with van der Waals surface area (Å²) < 4.78 is 0. The Morgan fingerprint density at radius 1 is 1.40 bits per heavy atom. The number of anilines is 1. The molecule has 2 rings (SSSR count). The van der Waals surface area contributed by atoms with Crippen LogP contribution in [0.15, 0.2) is 18.2 Å². The van der Waals surface area contributed by atoms with Gasteiger partial charge in [-0.1, -0.05) is 31.5 Å². The molecule has 1 N–H and O–H groups in total. The summed E-state index contributed by atoms with van der Waals surface area (Å²) in [4.78, 5) is 4.70. The Morgan fingerprint density at radius 3 is 2.70 bits per heavy atom. The monoisotopic (exact) mass is 295 g/mol. The molecule has 0 amide bonds. The van der Waals surface area contributed by atoms with Crippen LogP contribution in [0.25, 0.3) is 0 Å². The lowest BCUT2D eigenvalue weighted by atomic mass is 10.2. The minimum atomic E-state index is 0.493. The van der Waals surface area contributed by atoms with Crippen LogP contribution < -0.4 is 10.2 Å². The zero-order chi connectivity index (χ0) is 14.7. The fraction of sp³-hybridized carbons (Fsp3) is 0.625. The van der Waals surface area contributed by atoms with E-state index in [1.807, 2.05) is 0 Å². The second kappa shape index (κ2) is 6.79. The van der Waals surface area contributed by atoms with Gasteiger partial charge in [0, 0.05) is 31.7 Å². The van der Waals surface area contributed by atoms with Crippen molar-refractivity contribution in [2.45, 2.75) is 38.9 Å². The molecule has 3 nitrogen and oxygen atoms in total. The fourth-order valence-electron chi connectivity index (χ4n) is 2.62. The van der Waals surface area contributed by atoms with Gasteiger partial charge in [-0.2, -0.15) is 0 Å². The summed E-state index contributed by atoms with van der Waals surface area (Å²) >= 11 is 6.47. The number of hydrogen-bond donors (Lipinski definition) is 1. The largest absolute Gasteiger partial charge is 0.369 e. The number of hydrogen-bond acceptors (Lipinski definition) is 3. The molecule has 1 heterocycles. The lowest BCUT2D eigenvalue weighted by molar-refractivity contribution is 0.315. The van der Waals surface area contributed by atoms with E-state index in [0.29, 0.717) is 12.1 Å². The Hall–Kier alpha value is -0.770. The Labute approximate surface area is 127 Å². The lowest BCUT2D eigenvalue weighted by Crippen LogP contribution is -2.31. The van der Waals surface area contributed by atoms with Crippen LogP contribution in [-0.4, -0.2) is 44.2 Å². The standard InChI is InChI=1S/C16H26ClN3/c1-12(2)18-10-13-5-6-16(15(17)9-13)20-8-7-14(11-20)19(3)4/h5-6,9,12,14,18H,7-8,10-11H2,1-4H3. The minimum Gasteiger partial charge on any atom is -0.369 e. The van der Waals surface area contributed by atoms with Crippen LogP contribution in [0.1, 0.15) is 25.8 Å². The van der Waals surface area contributed by atoms with Crippen LogP contribution in [0.3, 0.4) is 0 Å². The van der Waals surface area contributed by atoms with Crippen molar-refractivity contribution in [2.24, 2.45) is 0 Å². The van der Waals surface area contributed by atoms with Gasteiger partial charge in [0.1, 0.15) is 0 Å². The molecule has 0 spiro atoms. The van der Waals surface area contributed by atoms with Crippen molar-refractivity contribution in [1.29, 1.82) is 0 Å². The van der Waals surface area contributed by atoms with Gasteiger partial charge in [-0.15, -0.1) is 0 Å². The highest BCUT2D eigenvalue weighted by Gasteiger charge is 2.25. The molecule has 20 heavy (non-hydrogen) atoms. The van der Waals surface area contributed by atoms with Crippen molar-refractivity contribution in [3.63, 3.8) is 0 Å². The first-order chi connectivity index (χ1) is 9.47. The molecule has 112 valence electrons. The maximum absolute atomic E-state index is 6.47. The molecular formula is C16H26ClN3. The highest BCUT2D eigenvalue weighted by molar-refractivity contribution is 6.33. The maximum atomic E-state index is 6.47. The van der Waals surface area contributed by atoms with Crippen LogP contribution in [-0.2, 0) is 6.54 Å². The molecule has 1 fully saturated rings. The first-order valence-electron chi connectivity index (χ1n) is 7.40. The van der Waals surface area contributed by atoms with Crippen LogP contribution in [0.2, 0.25) is 5.02 Å². The molecule has 1 unspecified atom stereocenters. The van der Waals surface area contributed by atoms with E-state index in [4.69, 9.17) is 11.6 Å². The summed E-state index contributed by atoms with van der Waals surface area (Å²) in [6.45, 7) is 7.34. The van der Waals surface area contributed by atoms with Gasteiger partial charge >= 0.3 is 0 Å². The summed E-state index contributed by atoms with van der Waals surface area (Å²) in [7, 11) is 4.30. The summed E-state index contributed by atoms with van der Waals surface area (Å²) in [6, 6.07) is 7.56. The van der Waals surface area contributed by atoms with Gasteiger partial charge in [0.25, 0.3) is 0 Å². The summed E-state index contributed by atoms with van der Waals surface area (Å²) in [5.74, 6) is 0.